The summed E-state index contributed by atoms with van der Waals surface area (Å²) >= 11 is 1.37. The Balaban J connectivity index is 1.90. The quantitative estimate of drug-likeness (QED) is 0.912. The van der Waals surface area contributed by atoms with Crippen molar-refractivity contribution < 1.29 is 9.59 Å². The highest BCUT2D eigenvalue weighted by Gasteiger charge is 2.27. The first-order valence-electron chi connectivity index (χ1n) is 8.10. The van der Waals surface area contributed by atoms with E-state index in [-0.39, 0.29) is 11.8 Å². The molecular weight excluding hydrogens is 338 g/mol. The third kappa shape index (κ3) is 3.15. The van der Waals surface area contributed by atoms with Gasteiger partial charge in [0.1, 0.15) is 16.8 Å². The minimum absolute atomic E-state index is 0.0189. The van der Waals surface area contributed by atoms with Crippen molar-refractivity contribution in [2.75, 3.05) is 11.9 Å². The third-order valence-electron chi connectivity index (χ3n) is 4.28. The molecule has 7 nitrogen and oxygen atoms in total. The monoisotopic (exact) mass is 357 g/mol. The van der Waals surface area contributed by atoms with Crippen LogP contribution < -0.4 is 5.32 Å². The van der Waals surface area contributed by atoms with Crippen LogP contribution in [0.25, 0.3) is 0 Å². The molecule has 0 fully saturated rings. The molecule has 1 N–H and O–H groups in total. The molecule has 130 valence electrons. The van der Waals surface area contributed by atoms with Gasteiger partial charge in [-0.2, -0.15) is 10.4 Å². The van der Waals surface area contributed by atoms with Crippen molar-refractivity contribution in [2.45, 2.75) is 40.3 Å². The van der Waals surface area contributed by atoms with Crippen molar-refractivity contribution in [1.29, 1.82) is 5.26 Å². The Morgan fingerprint density at radius 3 is 2.88 bits per heavy atom. The Kier molecular flexibility index (Phi) is 4.59. The van der Waals surface area contributed by atoms with Gasteiger partial charge in [0.25, 0.3) is 5.91 Å². The lowest BCUT2D eigenvalue weighted by atomic mass is 10.0. The first kappa shape index (κ1) is 17.2. The summed E-state index contributed by atoms with van der Waals surface area (Å²) in [4.78, 5) is 26.9. The standard InChI is InChI=1S/C17H19N5O2S/c1-4-22-14(7-10(2)20-22)16(24)19-17-13(8-18)12-5-6-21(11(3)23)9-15(12)25-17/h7H,4-6,9H2,1-3H3,(H,19,24). The van der Waals surface area contributed by atoms with Crippen LogP contribution in [0.15, 0.2) is 6.07 Å². The van der Waals surface area contributed by atoms with Gasteiger partial charge < -0.3 is 10.2 Å². The molecule has 25 heavy (non-hydrogen) atoms. The number of anilines is 1. The molecule has 3 rings (SSSR count). The number of aryl methyl sites for hydroxylation is 2. The first-order valence-corrected chi connectivity index (χ1v) is 8.92. The van der Waals surface area contributed by atoms with Gasteiger partial charge >= 0.3 is 0 Å². The average molecular weight is 357 g/mol. The largest absolute Gasteiger partial charge is 0.337 e. The second-order valence-corrected chi connectivity index (χ2v) is 7.06. The number of carbonyl (C=O) groups is 2. The summed E-state index contributed by atoms with van der Waals surface area (Å²) in [5.74, 6) is -0.258. The van der Waals surface area contributed by atoms with Gasteiger partial charge in [0.15, 0.2) is 0 Å². The molecular formula is C17H19N5O2S. The number of amides is 2. The number of thiophene rings is 1. The van der Waals surface area contributed by atoms with Crippen LogP contribution in [0.3, 0.4) is 0 Å². The van der Waals surface area contributed by atoms with E-state index in [9.17, 15) is 14.9 Å². The second-order valence-electron chi connectivity index (χ2n) is 5.95. The summed E-state index contributed by atoms with van der Waals surface area (Å²) in [6, 6.07) is 3.94. The van der Waals surface area contributed by atoms with Gasteiger partial charge in [-0.1, -0.05) is 0 Å². The summed E-state index contributed by atoms with van der Waals surface area (Å²) in [5.41, 5.74) is 2.70. The highest BCUT2D eigenvalue weighted by atomic mass is 32.1. The predicted octanol–water partition coefficient (Wildman–Crippen LogP) is 2.30. The molecule has 8 heteroatoms. The van der Waals surface area contributed by atoms with Gasteiger partial charge in [0, 0.05) is 24.9 Å². The Morgan fingerprint density at radius 1 is 1.48 bits per heavy atom. The average Bonchev–Trinajstić information content (AvgIpc) is 3.13. The van der Waals surface area contributed by atoms with E-state index in [1.807, 2.05) is 13.8 Å². The SMILES string of the molecule is CCn1nc(C)cc1C(=O)Nc1sc2c(c1C#N)CCN(C(C)=O)C2. The molecule has 0 unspecified atom stereocenters. The van der Waals surface area contributed by atoms with E-state index >= 15 is 0 Å². The van der Waals surface area contributed by atoms with Crippen LogP contribution in [0.5, 0.6) is 0 Å². The number of nitrogens with zero attached hydrogens (tertiary/aromatic N) is 4. The molecule has 0 saturated heterocycles. The zero-order valence-electron chi connectivity index (χ0n) is 14.4. The fourth-order valence-electron chi connectivity index (χ4n) is 3.02. The Morgan fingerprint density at radius 2 is 2.24 bits per heavy atom. The smallest absolute Gasteiger partial charge is 0.274 e. The Bertz CT molecular complexity index is 890. The van der Waals surface area contributed by atoms with Gasteiger partial charge in [-0.05, 0) is 31.9 Å². The molecule has 0 atom stereocenters. The van der Waals surface area contributed by atoms with E-state index in [0.717, 1.165) is 16.1 Å². The molecule has 1 aliphatic rings. The van der Waals surface area contributed by atoms with Crippen LogP contribution in [0, 0.1) is 18.3 Å². The Labute approximate surface area is 149 Å². The number of rotatable bonds is 3. The maximum Gasteiger partial charge on any atom is 0.274 e. The molecule has 2 aromatic rings. The van der Waals surface area contributed by atoms with Crippen molar-refractivity contribution in [1.82, 2.24) is 14.7 Å². The summed E-state index contributed by atoms with van der Waals surface area (Å²) in [6.07, 6.45) is 0.635. The van der Waals surface area contributed by atoms with Crippen LogP contribution in [0.4, 0.5) is 5.00 Å². The number of carbonyl (C=O) groups excluding carboxylic acids is 2. The minimum atomic E-state index is -0.277. The van der Waals surface area contributed by atoms with Crippen molar-refractivity contribution >= 4 is 28.2 Å². The number of hydrogen-bond acceptors (Lipinski definition) is 5. The zero-order chi connectivity index (χ0) is 18.1. The van der Waals surface area contributed by atoms with Crippen LogP contribution >= 0.6 is 11.3 Å². The molecule has 0 radical (unpaired) electrons. The van der Waals surface area contributed by atoms with Crippen molar-refractivity contribution in [2.24, 2.45) is 0 Å². The van der Waals surface area contributed by atoms with Crippen LogP contribution in [-0.2, 0) is 24.3 Å². The lowest BCUT2D eigenvalue weighted by Gasteiger charge is -2.25. The molecule has 0 bridgehead atoms. The number of hydrogen-bond donors (Lipinski definition) is 1. The number of nitrogens with one attached hydrogen (secondary N) is 1. The summed E-state index contributed by atoms with van der Waals surface area (Å²) < 4.78 is 1.64. The van der Waals surface area contributed by atoms with Crippen molar-refractivity contribution in [3.05, 3.63) is 33.5 Å². The molecule has 1 aliphatic heterocycles. The van der Waals surface area contributed by atoms with Crippen molar-refractivity contribution in [3.63, 3.8) is 0 Å². The van der Waals surface area contributed by atoms with Gasteiger partial charge in [-0.3, -0.25) is 14.3 Å². The van der Waals surface area contributed by atoms with Gasteiger partial charge in [0.2, 0.25) is 5.91 Å². The van der Waals surface area contributed by atoms with E-state index in [4.69, 9.17) is 0 Å². The van der Waals surface area contributed by atoms with E-state index in [1.165, 1.54) is 11.3 Å². The molecule has 0 aliphatic carbocycles. The third-order valence-corrected chi connectivity index (χ3v) is 5.41. The summed E-state index contributed by atoms with van der Waals surface area (Å²) in [5, 5.41) is 17.2. The fraction of sp³-hybridized carbons (Fsp3) is 0.412. The van der Waals surface area contributed by atoms with Gasteiger partial charge in [-0.15, -0.1) is 11.3 Å². The van der Waals surface area contributed by atoms with Gasteiger partial charge in [-0.25, -0.2) is 0 Å². The minimum Gasteiger partial charge on any atom is -0.337 e. The maximum atomic E-state index is 12.6. The highest BCUT2D eigenvalue weighted by Crippen LogP contribution is 2.36. The molecule has 3 heterocycles. The normalized spacial score (nSPS) is 13.3. The number of aromatic nitrogens is 2. The van der Waals surface area contributed by atoms with E-state index in [1.54, 1.807) is 22.6 Å². The van der Waals surface area contributed by atoms with E-state index in [2.05, 4.69) is 16.5 Å². The molecule has 2 amide bonds. The van der Waals surface area contributed by atoms with E-state index < -0.39 is 0 Å². The number of fused-ring (bicyclic) bond motifs is 1. The molecule has 2 aromatic heterocycles. The first-order chi connectivity index (χ1) is 11.9. The van der Waals surface area contributed by atoms with E-state index in [0.29, 0.717) is 42.3 Å². The fourth-order valence-corrected chi connectivity index (χ4v) is 4.22. The second kappa shape index (κ2) is 6.69. The highest BCUT2D eigenvalue weighted by molar-refractivity contribution is 7.16. The maximum absolute atomic E-state index is 12.6. The molecule has 0 saturated carbocycles. The summed E-state index contributed by atoms with van der Waals surface area (Å²) in [6.45, 7) is 6.99. The summed E-state index contributed by atoms with van der Waals surface area (Å²) in [7, 11) is 0. The lowest BCUT2D eigenvalue weighted by molar-refractivity contribution is -0.129. The van der Waals surface area contributed by atoms with Crippen LogP contribution in [-0.4, -0.2) is 33.0 Å². The predicted molar refractivity (Wildman–Crippen MR) is 94.4 cm³/mol. The Hall–Kier alpha value is -2.66. The van der Waals surface area contributed by atoms with Crippen molar-refractivity contribution in [3.8, 4) is 6.07 Å². The molecule has 0 aromatic carbocycles. The topological polar surface area (TPSA) is 91.0 Å². The lowest BCUT2D eigenvalue weighted by Crippen LogP contribution is -2.33. The molecule has 0 spiro atoms. The zero-order valence-corrected chi connectivity index (χ0v) is 15.2. The van der Waals surface area contributed by atoms with Crippen LogP contribution in [0.2, 0.25) is 0 Å². The number of nitriles is 1. The van der Waals surface area contributed by atoms with Gasteiger partial charge in [0.05, 0.1) is 17.8 Å². The van der Waals surface area contributed by atoms with Crippen LogP contribution in [0.1, 0.15) is 46.0 Å².